The van der Waals surface area contributed by atoms with Gasteiger partial charge in [0.25, 0.3) is 0 Å². The average molecular weight is 385 g/mol. The molecule has 1 aromatic rings. The topological polar surface area (TPSA) is 63.6 Å². The van der Waals surface area contributed by atoms with Crippen LogP contribution in [-0.4, -0.2) is 22.6 Å². The molecule has 0 spiro atoms. The van der Waals surface area contributed by atoms with Crippen LogP contribution in [0, 0.1) is 0 Å². The molecule has 5 heteroatoms. The van der Waals surface area contributed by atoms with E-state index >= 15 is 0 Å². The summed E-state index contributed by atoms with van der Waals surface area (Å²) in [6.07, 6.45) is 5.43. The molecule has 0 unspecified atom stereocenters. The average Bonchev–Trinajstić information content (AvgIpc) is 2.53. The minimum absolute atomic E-state index is 0.0489. The number of hydrogen-bond donors (Lipinski definition) is 1. The zero-order chi connectivity index (χ0) is 17.5. The number of carbonyl (C=O) groups excluding carboxylic acids is 1. The molecule has 0 atom stereocenters. The number of ether oxygens (including phenoxy) is 1. The molecule has 128 valence electrons. The number of rotatable bonds is 9. The molecule has 23 heavy (non-hydrogen) atoms. The van der Waals surface area contributed by atoms with Crippen LogP contribution in [0.1, 0.15) is 80.0 Å². The Bertz CT molecular complexity index is 550. The zero-order valence-electron chi connectivity index (χ0n) is 14.0. The van der Waals surface area contributed by atoms with E-state index in [0.717, 1.165) is 38.5 Å². The Hall–Kier alpha value is -1.36. The third-order valence-electron chi connectivity index (χ3n) is 4.28. The summed E-state index contributed by atoms with van der Waals surface area (Å²) in [7, 11) is 0. The van der Waals surface area contributed by atoms with Crippen molar-refractivity contribution >= 4 is 27.9 Å². The summed E-state index contributed by atoms with van der Waals surface area (Å²) in [5.41, 5.74) is -0.481. The maximum atomic E-state index is 12.6. The van der Waals surface area contributed by atoms with Gasteiger partial charge in [-0.25, -0.2) is 9.59 Å². The lowest BCUT2D eigenvalue weighted by molar-refractivity contribution is -0.0287. The molecule has 0 saturated heterocycles. The molecular weight excluding hydrogens is 360 g/mol. The van der Waals surface area contributed by atoms with E-state index in [9.17, 15) is 14.7 Å². The van der Waals surface area contributed by atoms with Gasteiger partial charge in [0.2, 0.25) is 0 Å². The van der Waals surface area contributed by atoms with Crippen molar-refractivity contribution in [1.82, 2.24) is 0 Å². The molecule has 0 heterocycles. The van der Waals surface area contributed by atoms with Gasteiger partial charge >= 0.3 is 11.9 Å². The van der Waals surface area contributed by atoms with Crippen molar-refractivity contribution in [2.75, 3.05) is 0 Å². The van der Waals surface area contributed by atoms with Gasteiger partial charge in [-0.15, -0.1) is 0 Å². The molecule has 0 aliphatic heterocycles. The molecule has 1 aromatic carbocycles. The Morgan fingerprint density at radius 2 is 1.83 bits per heavy atom. The lowest BCUT2D eigenvalue weighted by Crippen LogP contribution is -2.34. The number of carbonyl (C=O) groups is 2. The van der Waals surface area contributed by atoms with Gasteiger partial charge in [-0.2, -0.15) is 0 Å². The van der Waals surface area contributed by atoms with E-state index in [1.54, 1.807) is 12.1 Å². The van der Waals surface area contributed by atoms with E-state index in [-0.39, 0.29) is 11.1 Å². The number of esters is 1. The lowest BCUT2D eigenvalue weighted by Gasteiger charge is -2.32. The van der Waals surface area contributed by atoms with Crippen LogP contribution in [0.2, 0.25) is 0 Å². The molecular formula is C18H25BrO4. The first-order chi connectivity index (χ1) is 10.9. The summed E-state index contributed by atoms with van der Waals surface area (Å²) >= 11 is 3.19. The smallest absolute Gasteiger partial charge is 0.339 e. The summed E-state index contributed by atoms with van der Waals surface area (Å²) in [6, 6.07) is 4.75. The van der Waals surface area contributed by atoms with E-state index < -0.39 is 17.5 Å². The fraction of sp³-hybridized carbons (Fsp3) is 0.556. The van der Waals surface area contributed by atoms with Crippen molar-refractivity contribution in [2.45, 2.75) is 64.9 Å². The fourth-order valence-corrected chi connectivity index (χ4v) is 3.20. The third kappa shape index (κ3) is 5.06. The maximum Gasteiger partial charge on any atom is 0.339 e. The van der Waals surface area contributed by atoms with Crippen LogP contribution in [0.5, 0.6) is 0 Å². The SMILES string of the molecule is CCCCCC(CC)(CC)OC(=O)c1cccc(Br)c1C(=O)O. The Morgan fingerprint density at radius 1 is 1.17 bits per heavy atom. The molecule has 0 aliphatic carbocycles. The van der Waals surface area contributed by atoms with Crippen LogP contribution in [-0.2, 0) is 4.74 Å². The predicted octanol–water partition coefficient (Wildman–Crippen LogP) is 5.44. The van der Waals surface area contributed by atoms with Gasteiger partial charge in [0.05, 0.1) is 11.1 Å². The Balaban J connectivity index is 3.04. The van der Waals surface area contributed by atoms with Crippen LogP contribution in [0.4, 0.5) is 0 Å². The van der Waals surface area contributed by atoms with Crippen LogP contribution in [0.3, 0.4) is 0 Å². The van der Waals surface area contributed by atoms with Gasteiger partial charge in [-0.05, 0) is 53.7 Å². The highest BCUT2D eigenvalue weighted by atomic mass is 79.9. The van der Waals surface area contributed by atoms with E-state index in [4.69, 9.17) is 4.74 Å². The molecule has 0 fully saturated rings. The second-order valence-corrected chi connectivity index (χ2v) is 6.56. The molecule has 0 bridgehead atoms. The van der Waals surface area contributed by atoms with Crippen molar-refractivity contribution in [3.05, 3.63) is 33.8 Å². The standard InChI is InChI=1S/C18H25BrO4/c1-4-7-8-12-18(5-2,6-3)23-17(22)13-10-9-11-14(19)15(13)16(20)21/h9-11H,4-8,12H2,1-3H3,(H,20,21). The van der Waals surface area contributed by atoms with Crippen molar-refractivity contribution in [2.24, 2.45) is 0 Å². The second-order valence-electron chi connectivity index (χ2n) is 5.70. The first-order valence-electron chi connectivity index (χ1n) is 8.16. The Kier molecular flexibility index (Phi) is 7.76. The molecule has 0 aliphatic rings. The van der Waals surface area contributed by atoms with Gasteiger partial charge < -0.3 is 9.84 Å². The molecule has 1 rings (SSSR count). The predicted molar refractivity (Wildman–Crippen MR) is 94.0 cm³/mol. The first-order valence-corrected chi connectivity index (χ1v) is 8.95. The Labute approximate surface area is 146 Å². The van der Waals surface area contributed by atoms with Crippen LogP contribution in [0.25, 0.3) is 0 Å². The Morgan fingerprint density at radius 3 is 2.35 bits per heavy atom. The normalized spacial score (nSPS) is 11.3. The quantitative estimate of drug-likeness (QED) is 0.454. The number of benzene rings is 1. The largest absolute Gasteiger partial charge is 0.478 e. The maximum absolute atomic E-state index is 12.6. The van der Waals surface area contributed by atoms with Crippen molar-refractivity contribution in [3.8, 4) is 0 Å². The minimum Gasteiger partial charge on any atom is -0.478 e. The minimum atomic E-state index is -1.14. The first kappa shape index (κ1) is 19.7. The summed E-state index contributed by atoms with van der Waals surface area (Å²) in [4.78, 5) is 24.0. The number of hydrogen-bond acceptors (Lipinski definition) is 3. The second kappa shape index (κ2) is 9.06. The number of aromatic carboxylic acids is 1. The molecule has 0 amide bonds. The highest BCUT2D eigenvalue weighted by Crippen LogP contribution is 2.30. The summed E-state index contributed by atoms with van der Waals surface area (Å²) in [6.45, 7) is 6.13. The van der Waals surface area contributed by atoms with Gasteiger partial charge in [-0.1, -0.05) is 39.7 Å². The third-order valence-corrected chi connectivity index (χ3v) is 4.94. The number of carboxylic acid groups (broad SMARTS) is 1. The van der Waals surface area contributed by atoms with Crippen molar-refractivity contribution in [3.63, 3.8) is 0 Å². The monoisotopic (exact) mass is 384 g/mol. The zero-order valence-corrected chi connectivity index (χ0v) is 15.6. The molecule has 4 nitrogen and oxygen atoms in total. The molecule has 1 N–H and O–H groups in total. The van der Waals surface area contributed by atoms with E-state index in [1.807, 2.05) is 13.8 Å². The summed E-state index contributed by atoms with van der Waals surface area (Å²) < 4.78 is 6.17. The van der Waals surface area contributed by atoms with Crippen LogP contribution < -0.4 is 0 Å². The summed E-state index contributed by atoms with van der Waals surface area (Å²) in [5, 5.41) is 9.34. The van der Waals surface area contributed by atoms with Gasteiger partial charge in [0, 0.05) is 4.47 Å². The lowest BCUT2D eigenvalue weighted by atomic mass is 9.90. The van der Waals surface area contributed by atoms with E-state index in [2.05, 4.69) is 22.9 Å². The number of halogens is 1. The van der Waals surface area contributed by atoms with E-state index in [1.165, 1.54) is 6.07 Å². The van der Waals surface area contributed by atoms with Gasteiger partial charge in [0.1, 0.15) is 5.60 Å². The highest BCUT2D eigenvalue weighted by molar-refractivity contribution is 9.10. The van der Waals surface area contributed by atoms with Gasteiger partial charge in [-0.3, -0.25) is 0 Å². The molecule has 0 radical (unpaired) electrons. The van der Waals surface area contributed by atoms with Crippen molar-refractivity contribution in [1.29, 1.82) is 0 Å². The van der Waals surface area contributed by atoms with Gasteiger partial charge in [0.15, 0.2) is 0 Å². The number of unbranched alkanes of at least 4 members (excludes halogenated alkanes) is 2. The van der Waals surface area contributed by atoms with Crippen molar-refractivity contribution < 1.29 is 19.4 Å². The fourth-order valence-electron chi connectivity index (χ4n) is 2.66. The number of carboxylic acids is 1. The molecule has 0 aromatic heterocycles. The van der Waals surface area contributed by atoms with E-state index in [0.29, 0.717) is 4.47 Å². The summed E-state index contributed by atoms with van der Waals surface area (Å²) in [5.74, 6) is -1.71. The van der Waals surface area contributed by atoms with Crippen LogP contribution >= 0.6 is 15.9 Å². The van der Waals surface area contributed by atoms with Crippen LogP contribution in [0.15, 0.2) is 22.7 Å². The molecule has 0 saturated carbocycles. The highest BCUT2D eigenvalue weighted by Gasteiger charge is 2.32.